The van der Waals surface area contributed by atoms with Crippen molar-refractivity contribution in [1.82, 2.24) is 0 Å². The maximum Gasteiger partial charge on any atom is 0.326 e. The number of carboxylic acid groups (broad SMARTS) is 2. The molecule has 23 heavy (non-hydrogen) atoms. The molecule has 0 heterocycles. The zero-order valence-electron chi connectivity index (χ0n) is 11.9. The molecular formula is C15H15F2NO5. The quantitative estimate of drug-likeness (QED) is 0.744. The lowest BCUT2D eigenvalue weighted by Crippen LogP contribution is -2.58. The Labute approximate surface area is 129 Å². The minimum atomic E-state index is -1.79. The molecular weight excluding hydrogens is 312 g/mol. The molecule has 0 amide bonds. The highest BCUT2D eigenvalue weighted by Gasteiger charge is 2.74. The molecule has 6 nitrogen and oxygen atoms in total. The van der Waals surface area contributed by atoms with Gasteiger partial charge >= 0.3 is 11.9 Å². The van der Waals surface area contributed by atoms with Crippen LogP contribution in [0.15, 0.2) is 18.2 Å². The molecule has 4 N–H and O–H groups in total. The summed E-state index contributed by atoms with van der Waals surface area (Å²) in [5, 5.41) is 18.5. The lowest BCUT2D eigenvalue weighted by molar-refractivity contribution is -0.152. The van der Waals surface area contributed by atoms with Crippen LogP contribution in [0.5, 0.6) is 0 Å². The van der Waals surface area contributed by atoms with Gasteiger partial charge in [-0.2, -0.15) is 0 Å². The van der Waals surface area contributed by atoms with Crippen molar-refractivity contribution in [1.29, 1.82) is 0 Å². The first-order valence-corrected chi connectivity index (χ1v) is 7.07. The maximum atomic E-state index is 13.2. The third kappa shape index (κ3) is 2.38. The van der Waals surface area contributed by atoms with Crippen LogP contribution >= 0.6 is 0 Å². The second-order valence-electron chi connectivity index (χ2n) is 6.08. The molecule has 1 unspecified atom stereocenters. The van der Waals surface area contributed by atoms with E-state index >= 15 is 0 Å². The first-order chi connectivity index (χ1) is 10.8. The molecule has 0 radical (unpaired) electrons. The molecule has 2 fully saturated rings. The summed E-state index contributed by atoms with van der Waals surface area (Å²) in [6.07, 6.45) is -0.660. The monoisotopic (exact) mass is 327 g/mol. The van der Waals surface area contributed by atoms with Gasteiger partial charge in [-0.15, -0.1) is 0 Å². The molecule has 5 atom stereocenters. The molecule has 0 saturated heterocycles. The summed E-state index contributed by atoms with van der Waals surface area (Å²) in [6, 6.07) is 3.24. The van der Waals surface area contributed by atoms with Crippen molar-refractivity contribution < 1.29 is 33.3 Å². The largest absolute Gasteiger partial charge is 0.481 e. The third-order valence-corrected chi connectivity index (χ3v) is 4.83. The third-order valence-electron chi connectivity index (χ3n) is 4.83. The Balaban J connectivity index is 1.72. The van der Waals surface area contributed by atoms with E-state index in [9.17, 15) is 23.5 Å². The van der Waals surface area contributed by atoms with Crippen molar-refractivity contribution in [3.05, 3.63) is 35.4 Å². The molecule has 0 aromatic heterocycles. The van der Waals surface area contributed by atoms with Crippen molar-refractivity contribution in [2.75, 3.05) is 0 Å². The van der Waals surface area contributed by atoms with Gasteiger partial charge in [-0.05, 0) is 30.0 Å². The van der Waals surface area contributed by atoms with Crippen molar-refractivity contribution >= 4 is 11.9 Å². The van der Waals surface area contributed by atoms with E-state index in [2.05, 4.69) is 0 Å². The van der Waals surface area contributed by atoms with Gasteiger partial charge in [0.25, 0.3) is 0 Å². The van der Waals surface area contributed by atoms with Crippen LogP contribution < -0.4 is 5.73 Å². The van der Waals surface area contributed by atoms with Gasteiger partial charge < -0.3 is 20.7 Å². The number of nitrogens with two attached hydrogens (primary N) is 1. The summed E-state index contributed by atoms with van der Waals surface area (Å²) < 4.78 is 31.5. The van der Waals surface area contributed by atoms with Gasteiger partial charge in [0.1, 0.15) is 5.54 Å². The number of hydrogen-bond donors (Lipinski definition) is 3. The zero-order chi connectivity index (χ0) is 16.9. The minimum absolute atomic E-state index is 0.134. The van der Waals surface area contributed by atoms with Crippen molar-refractivity contribution in [2.24, 2.45) is 23.5 Å². The number of fused-ring (bicyclic) bond motifs is 1. The van der Waals surface area contributed by atoms with E-state index in [0.717, 1.165) is 12.1 Å². The Morgan fingerprint density at radius 2 is 2.00 bits per heavy atom. The lowest BCUT2D eigenvalue weighted by atomic mass is 9.89. The van der Waals surface area contributed by atoms with E-state index in [1.807, 2.05) is 0 Å². The summed E-state index contributed by atoms with van der Waals surface area (Å²) in [7, 11) is 0. The van der Waals surface area contributed by atoms with Crippen LogP contribution in [0.4, 0.5) is 8.78 Å². The van der Waals surface area contributed by atoms with Gasteiger partial charge in [0.05, 0.1) is 18.6 Å². The van der Waals surface area contributed by atoms with Crippen molar-refractivity contribution in [3.63, 3.8) is 0 Å². The number of carbonyl (C=O) groups is 2. The van der Waals surface area contributed by atoms with Crippen LogP contribution in [-0.2, 0) is 20.9 Å². The predicted molar refractivity (Wildman–Crippen MR) is 72.2 cm³/mol. The normalized spacial score (nSPS) is 34.9. The van der Waals surface area contributed by atoms with Crippen LogP contribution in [0.25, 0.3) is 0 Å². The fourth-order valence-electron chi connectivity index (χ4n) is 3.62. The topological polar surface area (TPSA) is 110 Å². The number of aliphatic carboxylic acids is 2. The standard InChI is InChI=1S/C15H15F2NO5/c16-8-2-1-6(3-9(8)17)5-23-10-4-7-11(13(19)20)12(7)15(10,18)14(21)22/h1-3,7,10-12H,4-5,18H2,(H,19,20)(H,21,22)/t7?,10-,11+,12+,15+/m1/s1. The number of hydrogen-bond acceptors (Lipinski definition) is 4. The number of benzene rings is 1. The average molecular weight is 327 g/mol. The highest BCUT2D eigenvalue weighted by molar-refractivity contribution is 5.86. The molecule has 2 saturated carbocycles. The van der Waals surface area contributed by atoms with E-state index in [4.69, 9.17) is 15.6 Å². The maximum absolute atomic E-state index is 13.2. The molecule has 2 aliphatic rings. The number of carboxylic acids is 2. The van der Waals surface area contributed by atoms with Crippen LogP contribution in [-0.4, -0.2) is 33.8 Å². The van der Waals surface area contributed by atoms with E-state index in [-0.39, 0.29) is 18.9 Å². The fourth-order valence-corrected chi connectivity index (χ4v) is 3.62. The molecule has 3 rings (SSSR count). The van der Waals surface area contributed by atoms with Crippen LogP contribution in [0, 0.1) is 29.4 Å². The summed E-state index contributed by atoms with van der Waals surface area (Å²) in [4.78, 5) is 22.6. The highest BCUT2D eigenvalue weighted by atomic mass is 19.2. The molecule has 1 aromatic carbocycles. The second kappa shape index (κ2) is 5.24. The minimum Gasteiger partial charge on any atom is -0.481 e. The van der Waals surface area contributed by atoms with Crippen LogP contribution in [0.3, 0.4) is 0 Å². The smallest absolute Gasteiger partial charge is 0.326 e. The SMILES string of the molecule is N[C@@]1(C(=O)O)[C@H](OCc2ccc(F)c(F)c2)CC2[C@H](C(=O)O)[C@H]21. The number of rotatable bonds is 5. The molecule has 0 bridgehead atoms. The molecule has 124 valence electrons. The highest BCUT2D eigenvalue weighted by Crippen LogP contribution is 2.62. The Kier molecular flexibility index (Phi) is 3.61. The van der Waals surface area contributed by atoms with Crippen LogP contribution in [0.1, 0.15) is 12.0 Å². The summed E-state index contributed by atoms with van der Waals surface area (Å²) >= 11 is 0. The Hall–Kier alpha value is -2.06. The van der Waals surface area contributed by atoms with E-state index < -0.39 is 47.1 Å². The van der Waals surface area contributed by atoms with Gasteiger partial charge in [0.15, 0.2) is 11.6 Å². The predicted octanol–water partition coefficient (Wildman–Crippen LogP) is 0.983. The summed E-state index contributed by atoms with van der Waals surface area (Å²) in [5.41, 5.74) is 4.51. The Bertz CT molecular complexity index is 682. The molecule has 0 spiro atoms. The van der Waals surface area contributed by atoms with Crippen LogP contribution in [0.2, 0.25) is 0 Å². The van der Waals surface area contributed by atoms with E-state index in [1.54, 1.807) is 0 Å². The first kappa shape index (κ1) is 15.8. The van der Waals surface area contributed by atoms with E-state index in [1.165, 1.54) is 6.07 Å². The molecule has 8 heteroatoms. The average Bonchev–Trinajstić information content (AvgIpc) is 3.13. The summed E-state index contributed by atoms with van der Waals surface area (Å²) in [6.45, 7) is -0.134. The van der Waals surface area contributed by atoms with E-state index in [0.29, 0.717) is 5.56 Å². The second-order valence-corrected chi connectivity index (χ2v) is 6.08. The fraction of sp³-hybridized carbons (Fsp3) is 0.467. The first-order valence-electron chi connectivity index (χ1n) is 7.07. The van der Waals surface area contributed by atoms with Gasteiger partial charge in [-0.25, -0.2) is 8.78 Å². The van der Waals surface area contributed by atoms with Gasteiger partial charge in [-0.1, -0.05) is 6.07 Å². The Morgan fingerprint density at radius 1 is 1.30 bits per heavy atom. The molecule has 1 aromatic rings. The Morgan fingerprint density at radius 3 is 2.57 bits per heavy atom. The summed E-state index contributed by atoms with van der Waals surface area (Å²) in [5.74, 6) is -6.16. The van der Waals surface area contributed by atoms with Gasteiger partial charge in [0.2, 0.25) is 0 Å². The van der Waals surface area contributed by atoms with Gasteiger partial charge in [-0.3, -0.25) is 9.59 Å². The van der Waals surface area contributed by atoms with Crippen molar-refractivity contribution in [3.8, 4) is 0 Å². The van der Waals surface area contributed by atoms with Crippen molar-refractivity contribution in [2.45, 2.75) is 24.7 Å². The molecule has 2 aliphatic carbocycles. The zero-order valence-corrected chi connectivity index (χ0v) is 11.9. The number of halogens is 2. The lowest BCUT2D eigenvalue weighted by Gasteiger charge is -2.30. The van der Waals surface area contributed by atoms with Gasteiger partial charge in [0, 0.05) is 5.92 Å². The number of ether oxygens (including phenoxy) is 1. The molecule has 0 aliphatic heterocycles.